The third-order valence-corrected chi connectivity index (χ3v) is 3.36. The Morgan fingerprint density at radius 1 is 1.15 bits per heavy atom. The molecule has 0 saturated heterocycles. The maximum absolute atomic E-state index is 13.2. The van der Waals surface area contributed by atoms with Gasteiger partial charge in [0.25, 0.3) is 5.95 Å². The normalized spacial score (nSPS) is 11.4. The Balaban J connectivity index is 2.13. The second kappa shape index (κ2) is 6.43. The summed E-state index contributed by atoms with van der Waals surface area (Å²) in [5.41, 5.74) is -0.809. The zero-order valence-electron chi connectivity index (χ0n) is 13.1. The van der Waals surface area contributed by atoms with Crippen LogP contribution >= 0.6 is 0 Å². The average molecular weight is 365 g/mol. The number of hydrogen-bond donors (Lipinski definition) is 0. The van der Waals surface area contributed by atoms with Crippen LogP contribution in [0.25, 0.3) is 17.2 Å². The molecule has 26 heavy (non-hydrogen) atoms. The van der Waals surface area contributed by atoms with Crippen LogP contribution in [0.5, 0.6) is 5.75 Å². The molecule has 0 saturated carbocycles. The van der Waals surface area contributed by atoms with Crippen LogP contribution in [-0.4, -0.2) is 31.8 Å². The molecule has 0 fully saturated rings. The highest BCUT2D eigenvalue weighted by Crippen LogP contribution is 2.31. The first-order chi connectivity index (χ1) is 12.3. The molecule has 0 N–H and O–H groups in total. The fourth-order valence-corrected chi connectivity index (χ4v) is 2.11. The van der Waals surface area contributed by atoms with Crippen LogP contribution in [0.3, 0.4) is 0 Å². The lowest BCUT2D eigenvalue weighted by atomic mass is 10.1. The predicted molar refractivity (Wildman–Crippen MR) is 82.8 cm³/mol. The fraction of sp³-hybridized carbons (Fsp3) is 0.133. The van der Waals surface area contributed by atoms with Crippen LogP contribution in [-0.2, 0) is 6.18 Å². The molecular formula is C15H10F3N5O3. The number of benzene rings is 1. The smallest absolute Gasteiger partial charge is 0.433 e. The van der Waals surface area contributed by atoms with Gasteiger partial charge in [-0.25, -0.2) is 9.97 Å². The molecule has 0 aliphatic carbocycles. The van der Waals surface area contributed by atoms with E-state index in [1.807, 2.05) is 0 Å². The van der Waals surface area contributed by atoms with Crippen LogP contribution in [0.4, 0.5) is 19.0 Å². The van der Waals surface area contributed by atoms with E-state index in [2.05, 4.69) is 15.1 Å². The van der Waals surface area contributed by atoms with E-state index in [-0.39, 0.29) is 5.69 Å². The van der Waals surface area contributed by atoms with Crippen LogP contribution in [0, 0.1) is 10.1 Å². The number of halogens is 3. The number of nitro groups is 1. The number of hydrogen-bond acceptors (Lipinski definition) is 6. The molecule has 3 aromatic rings. The molecule has 1 aromatic carbocycles. The van der Waals surface area contributed by atoms with Gasteiger partial charge >= 0.3 is 12.0 Å². The molecule has 3 rings (SSSR count). The lowest BCUT2D eigenvalue weighted by Gasteiger charge is -2.10. The van der Waals surface area contributed by atoms with Gasteiger partial charge in [0.05, 0.1) is 30.2 Å². The standard InChI is InChI=1S/C15H10F3N5O3/c1-26-10-4-2-9(3-5-10)11-8-12(15(16,17)18)20-14(19-11)22-7-6-13(21-22)23(24)25/h2-8H,1H3. The first kappa shape index (κ1) is 17.3. The summed E-state index contributed by atoms with van der Waals surface area (Å²) >= 11 is 0. The number of alkyl halides is 3. The molecule has 0 bridgehead atoms. The summed E-state index contributed by atoms with van der Waals surface area (Å²) < 4.78 is 45.4. The first-order valence-electron chi connectivity index (χ1n) is 7.09. The quantitative estimate of drug-likeness (QED) is 0.520. The van der Waals surface area contributed by atoms with E-state index in [4.69, 9.17) is 4.74 Å². The molecule has 134 valence electrons. The van der Waals surface area contributed by atoms with E-state index < -0.39 is 28.6 Å². The zero-order chi connectivity index (χ0) is 18.9. The van der Waals surface area contributed by atoms with Gasteiger partial charge in [-0.1, -0.05) is 0 Å². The third-order valence-electron chi connectivity index (χ3n) is 3.36. The van der Waals surface area contributed by atoms with Gasteiger partial charge in [-0.15, -0.1) is 4.68 Å². The summed E-state index contributed by atoms with van der Waals surface area (Å²) in [7, 11) is 1.46. The van der Waals surface area contributed by atoms with Crippen molar-refractivity contribution in [2.24, 2.45) is 0 Å². The Morgan fingerprint density at radius 3 is 2.38 bits per heavy atom. The first-order valence-corrected chi connectivity index (χ1v) is 7.09. The van der Waals surface area contributed by atoms with Crippen molar-refractivity contribution in [1.29, 1.82) is 0 Å². The number of methoxy groups -OCH3 is 1. The highest BCUT2D eigenvalue weighted by atomic mass is 19.4. The predicted octanol–water partition coefficient (Wildman–Crippen LogP) is 3.26. The van der Waals surface area contributed by atoms with Gasteiger partial charge in [0.1, 0.15) is 5.75 Å². The average Bonchev–Trinajstić information content (AvgIpc) is 3.11. The van der Waals surface area contributed by atoms with Crippen molar-refractivity contribution in [3.05, 3.63) is 58.4 Å². The minimum atomic E-state index is -4.72. The minimum absolute atomic E-state index is 0.0110. The fourth-order valence-electron chi connectivity index (χ4n) is 2.11. The largest absolute Gasteiger partial charge is 0.497 e. The monoisotopic (exact) mass is 365 g/mol. The van der Waals surface area contributed by atoms with Crippen molar-refractivity contribution in [3.63, 3.8) is 0 Å². The minimum Gasteiger partial charge on any atom is -0.497 e. The number of ether oxygens (including phenoxy) is 1. The second-order valence-electron chi connectivity index (χ2n) is 5.04. The Bertz CT molecular complexity index is 954. The number of nitrogens with zero attached hydrogens (tertiary/aromatic N) is 5. The molecule has 0 radical (unpaired) electrons. The summed E-state index contributed by atoms with van der Waals surface area (Å²) in [6.07, 6.45) is -3.61. The van der Waals surface area contributed by atoms with Crippen LogP contribution < -0.4 is 4.74 Å². The highest BCUT2D eigenvalue weighted by molar-refractivity contribution is 5.61. The highest BCUT2D eigenvalue weighted by Gasteiger charge is 2.34. The molecule has 8 nitrogen and oxygen atoms in total. The van der Waals surface area contributed by atoms with E-state index >= 15 is 0 Å². The summed E-state index contributed by atoms with van der Waals surface area (Å²) in [5, 5.41) is 14.3. The Labute approximate surface area is 144 Å². The SMILES string of the molecule is COc1ccc(-c2cc(C(F)(F)F)nc(-n3ccc([N+](=O)[O-])n3)n2)cc1. The molecule has 2 heterocycles. The maximum Gasteiger partial charge on any atom is 0.433 e. The Morgan fingerprint density at radius 2 is 1.85 bits per heavy atom. The lowest BCUT2D eigenvalue weighted by molar-refractivity contribution is -0.389. The van der Waals surface area contributed by atoms with E-state index in [9.17, 15) is 23.3 Å². The molecule has 0 unspecified atom stereocenters. The van der Waals surface area contributed by atoms with E-state index in [0.29, 0.717) is 11.3 Å². The van der Waals surface area contributed by atoms with Gasteiger partial charge < -0.3 is 14.9 Å². The molecular weight excluding hydrogens is 355 g/mol. The van der Waals surface area contributed by atoms with E-state index in [0.717, 1.165) is 23.0 Å². The topological polar surface area (TPSA) is 96.0 Å². The van der Waals surface area contributed by atoms with Crippen molar-refractivity contribution in [2.75, 3.05) is 7.11 Å². The van der Waals surface area contributed by atoms with Crippen LogP contribution in [0.2, 0.25) is 0 Å². The van der Waals surface area contributed by atoms with Gasteiger partial charge in [-0.2, -0.15) is 13.2 Å². The van der Waals surface area contributed by atoms with Crippen molar-refractivity contribution < 1.29 is 22.8 Å². The van der Waals surface area contributed by atoms with Gasteiger partial charge in [0.2, 0.25) is 0 Å². The van der Waals surface area contributed by atoms with Crippen LogP contribution in [0.15, 0.2) is 42.6 Å². The molecule has 0 aliphatic rings. The maximum atomic E-state index is 13.2. The number of aromatic nitrogens is 4. The van der Waals surface area contributed by atoms with E-state index in [1.54, 1.807) is 12.1 Å². The molecule has 2 aromatic heterocycles. The van der Waals surface area contributed by atoms with Crippen molar-refractivity contribution >= 4 is 5.82 Å². The van der Waals surface area contributed by atoms with Gasteiger partial charge in [0.15, 0.2) is 5.69 Å². The van der Waals surface area contributed by atoms with Gasteiger partial charge in [-0.3, -0.25) is 0 Å². The molecule has 0 atom stereocenters. The summed E-state index contributed by atoms with van der Waals surface area (Å²) in [5.74, 6) is -0.433. The number of rotatable bonds is 4. The van der Waals surface area contributed by atoms with Crippen LogP contribution in [0.1, 0.15) is 5.69 Å². The second-order valence-corrected chi connectivity index (χ2v) is 5.04. The van der Waals surface area contributed by atoms with E-state index in [1.165, 1.54) is 19.2 Å². The Hall–Kier alpha value is -3.50. The summed E-state index contributed by atoms with van der Waals surface area (Å²) in [6.45, 7) is 0. The van der Waals surface area contributed by atoms with Gasteiger partial charge in [-0.05, 0) is 35.3 Å². The zero-order valence-corrected chi connectivity index (χ0v) is 13.1. The van der Waals surface area contributed by atoms with Crippen molar-refractivity contribution in [3.8, 4) is 23.0 Å². The molecule has 11 heteroatoms. The Kier molecular flexibility index (Phi) is 4.28. The molecule has 0 aliphatic heterocycles. The van der Waals surface area contributed by atoms with Crippen molar-refractivity contribution in [1.82, 2.24) is 19.7 Å². The summed E-state index contributed by atoms with van der Waals surface area (Å²) in [6, 6.07) is 8.05. The molecule has 0 amide bonds. The lowest BCUT2D eigenvalue weighted by Crippen LogP contribution is -2.13. The molecule has 0 spiro atoms. The summed E-state index contributed by atoms with van der Waals surface area (Å²) in [4.78, 5) is 17.4. The van der Waals surface area contributed by atoms with Crippen molar-refractivity contribution in [2.45, 2.75) is 6.18 Å². The third kappa shape index (κ3) is 3.45. The van der Waals surface area contributed by atoms with Gasteiger partial charge in [0, 0.05) is 5.56 Å².